The number of carbonyl (C=O) groups excluding carboxylic acids is 1. The molecule has 4 nitrogen and oxygen atoms in total. The molecule has 2 aromatic carbocycles. The fraction of sp³-hybridized carbons (Fsp3) is 0.345. The number of hydrogen-bond donors (Lipinski definition) is 1. The molecular weight excluding hydrogens is 408 g/mol. The Balaban J connectivity index is 1.19. The highest BCUT2D eigenvalue weighted by Crippen LogP contribution is 2.21. The van der Waals surface area contributed by atoms with Crippen LogP contribution in [0.2, 0.25) is 0 Å². The lowest BCUT2D eigenvalue weighted by molar-refractivity contribution is -0.120. The van der Waals surface area contributed by atoms with Gasteiger partial charge in [0.1, 0.15) is 12.4 Å². The van der Waals surface area contributed by atoms with Crippen molar-refractivity contribution in [1.29, 1.82) is 0 Å². The summed E-state index contributed by atoms with van der Waals surface area (Å²) >= 11 is 0. The number of ether oxygens (including phenoxy) is 1. The Morgan fingerprint density at radius 3 is 2.48 bits per heavy atom. The number of piperidine rings is 1. The van der Waals surface area contributed by atoms with Gasteiger partial charge in [-0.25, -0.2) is 0 Å². The van der Waals surface area contributed by atoms with Crippen LogP contribution < -0.4 is 10.1 Å². The van der Waals surface area contributed by atoms with E-state index in [4.69, 9.17) is 4.74 Å². The van der Waals surface area contributed by atoms with Crippen LogP contribution in [-0.2, 0) is 11.2 Å². The SMILES string of the molecule is O=C(Cc1ccc(OCC2=CCC=C(c3ccccc3)C=C2)cc1)NCCN1CCCCC1. The summed E-state index contributed by atoms with van der Waals surface area (Å²) in [5, 5.41) is 3.05. The van der Waals surface area contributed by atoms with Crippen molar-refractivity contribution < 1.29 is 9.53 Å². The molecule has 1 aliphatic heterocycles. The smallest absolute Gasteiger partial charge is 0.224 e. The second-order valence-corrected chi connectivity index (χ2v) is 8.74. The summed E-state index contributed by atoms with van der Waals surface area (Å²) in [6, 6.07) is 18.3. The van der Waals surface area contributed by atoms with Gasteiger partial charge in [0.05, 0.1) is 6.42 Å². The number of amides is 1. The maximum absolute atomic E-state index is 12.3. The largest absolute Gasteiger partial charge is 0.489 e. The van der Waals surface area contributed by atoms with E-state index in [2.05, 4.69) is 58.8 Å². The van der Waals surface area contributed by atoms with Gasteiger partial charge in [0.2, 0.25) is 5.91 Å². The normalized spacial score (nSPS) is 16.5. The van der Waals surface area contributed by atoms with Crippen molar-refractivity contribution in [1.82, 2.24) is 10.2 Å². The Labute approximate surface area is 197 Å². The topological polar surface area (TPSA) is 41.6 Å². The molecule has 2 aromatic rings. The molecule has 0 radical (unpaired) electrons. The van der Waals surface area contributed by atoms with Gasteiger partial charge in [-0.05, 0) is 66.8 Å². The van der Waals surface area contributed by atoms with Gasteiger partial charge in [-0.1, -0.05) is 73.2 Å². The molecule has 1 aliphatic carbocycles. The number of carbonyl (C=O) groups is 1. The van der Waals surface area contributed by atoms with Gasteiger partial charge in [0.15, 0.2) is 0 Å². The Hall–Kier alpha value is -3.11. The summed E-state index contributed by atoms with van der Waals surface area (Å²) in [4.78, 5) is 14.7. The van der Waals surface area contributed by atoms with Crippen LogP contribution >= 0.6 is 0 Å². The molecule has 1 amide bonds. The minimum Gasteiger partial charge on any atom is -0.489 e. The lowest BCUT2D eigenvalue weighted by Crippen LogP contribution is -2.38. The zero-order chi connectivity index (χ0) is 22.7. The van der Waals surface area contributed by atoms with E-state index >= 15 is 0 Å². The third-order valence-electron chi connectivity index (χ3n) is 6.19. The second-order valence-electron chi connectivity index (χ2n) is 8.74. The van der Waals surface area contributed by atoms with Crippen LogP contribution in [0.4, 0.5) is 0 Å². The average molecular weight is 443 g/mol. The molecule has 0 atom stereocenters. The monoisotopic (exact) mass is 442 g/mol. The van der Waals surface area contributed by atoms with Crippen LogP contribution in [0.15, 0.2) is 84.5 Å². The average Bonchev–Trinajstić information content (AvgIpc) is 3.11. The van der Waals surface area contributed by atoms with Crippen LogP contribution in [0.5, 0.6) is 5.75 Å². The van der Waals surface area contributed by atoms with E-state index in [1.807, 2.05) is 30.3 Å². The van der Waals surface area contributed by atoms with Gasteiger partial charge < -0.3 is 15.0 Å². The molecule has 1 N–H and O–H groups in total. The first-order chi connectivity index (χ1) is 16.3. The summed E-state index contributed by atoms with van der Waals surface area (Å²) in [6.45, 7) is 4.53. The third-order valence-corrected chi connectivity index (χ3v) is 6.19. The molecule has 0 spiro atoms. The second kappa shape index (κ2) is 12.2. The number of hydrogen-bond acceptors (Lipinski definition) is 3. The summed E-state index contributed by atoms with van der Waals surface area (Å²) in [5.41, 5.74) is 4.63. The van der Waals surface area contributed by atoms with E-state index in [-0.39, 0.29) is 5.91 Å². The molecule has 33 heavy (non-hydrogen) atoms. The number of nitrogens with one attached hydrogen (secondary N) is 1. The summed E-state index contributed by atoms with van der Waals surface area (Å²) in [6.07, 6.45) is 13.9. The maximum Gasteiger partial charge on any atom is 0.224 e. The molecule has 0 aromatic heterocycles. The van der Waals surface area contributed by atoms with Crippen LogP contribution in [0.3, 0.4) is 0 Å². The quantitative estimate of drug-likeness (QED) is 0.582. The van der Waals surface area contributed by atoms with Gasteiger partial charge in [-0.3, -0.25) is 4.79 Å². The van der Waals surface area contributed by atoms with E-state index in [1.165, 1.54) is 30.4 Å². The zero-order valence-corrected chi connectivity index (χ0v) is 19.3. The molecule has 0 bridgehead atoms. The van der Waals surface area contributed by atoms with E-state index in [9.17, 15) is 4.79 Å². The van der Waals surface area contributed by atoms with Gasteiger partial charge in [-0.15, -0.1) is 0 Å². The Morgan fingerprint density at radius 2 is 1.70 bits per heavy atom. The third kappa shape index (κ3) is 7.47. The van der Waals surface area contributed by atoms with Crippen LogP contribution in [0.1, 0.15) is 36.8 Å². The van der Waals surface area contributed by atoms with E-state index in [0.717, 1.165) is 49.5 Å². The standard InChI is InChI=1S/C29H34N2O2/c32-29(30-18-21-31-19-5-2-6-20-31)22-24-13-16-28(17-14-24)33-23-25-8-7-11-27(15-12-25)26-9-3-1-4-10-26/h1,3-4,8-17H,2,5-7,18-23H2,(H,30,32). The van der Waals surface area contributed by atoms with Crippen molar-refractivity contribution in [2.75, 3.05) is 32.8 Å². The number of allylic oxidation sites excluding steroid dienone is 4. The van der Waals surface area contributed by atoms with Crippen LogP contribution in [0, 0.1) is 0 Å². The molecule has 1 heterocycles. The highest BCUT2D eigenvalue weighted by molar-refractivity contribution is 5.78. The predicted molar refractivity (Wildman–Crippen MR) is 135 cm³/mol. The number of benzene rings is 2. The minimum absolute atomic E-state index is 0.0798. The molecular formula is C29H34N2O2. The summed E-state index contributed by atoms with van der Waals surface area (Å²) < 4.78 is 5.99. The fourth-order valence-corrected chi connectivity index (χ4v) is 4.28. The highest BCUT2D eigenvalue weighted by atomic mass is 16.5. The summed E-state index contributed by atoms with van der Waals surface area (Å²) in [5.74, 6) is 0.898. The van der Waals surface area contributed by atoms with Crippen LogP contribution in [0.25, 0.3) is 5.57 Å². The van der Waals surface area contributed by atoms with Gasteiger partial charge in [-0.2, -0.15) is 0 Å². The number of nitrogens with zero attached hydrogens (tertiary/aromatic N) is 1. The zero-order valence-electron chi connectivity index (χ0n) is 19.3. The van der Waals surface area contributed by atoms with Crippen molar-refractivity contribution in [2.45, 2.75) is 32.1 Å². The maximum atomic E-state index is 12.3. The highest BCUT2D eigenvalue weighted by Gasteiger charge is 2.10. The van der Waals surface area contributed by atoms with Crippen molar-refractivity contribution in [3.05, 3.63) is 95.6 Å². The van der Waals surface area contributed by atoms with Crippen molar-refractivity contribution in [2.24, 2.45) is 0 Å². The van der Waals surface area contributed by atoms with Gasteiger partial charge in [0.25, 0.3) is 0 Å². The van der Waals surface area contributed by atoms with Crippen molar-refractivity contribution >= 4 is 11.5 Å². The molecule has 0 unspecified atom stereocenters. The molecule has 4 rings (SSSR count). The first-order valence-electron chi connectivity index (χ1n) is 12.1. The van der Waals surface area contributed by atoms with Crippen molar-refractivity contribution in [3.8, 4) is 5.75 Å². The Morgan fingerprint density at radius 1 is 0.909 bits per heavy atom. The van der Waals surface area contributed by atoms with Crippen LogP contribution in [-0.4, -0.2) is 43.6 Å². The molecule has 4 heteroatoms. The molecule has 1 saturated heterocycles. The first-order valence-corrected chi connectivity index (χ1v) is 12.1. The Kier molecular flexibility index (Phi) is 8.54. The lowest BCUT2D eigenvalue weighted by atomic mass is 10.1. The predicted octanol–water partition coefficient (Wildman–Crippen LogP) is 5.18. The molecule has 0 saturated carbocycles. The molecule has 2 aliphatic rings. The van der Waals surface area contributed by atoms with E-state index in [0.29, 0.717) is 13.0 Å². The fourth-order valence-electron chi connectivity index (χ4n) is 4.28. The van der Waals surface area contributed by atoms with E-state index < -0.39 is 0 Å². The van der Waals surface area contributed by atoms with E-state index in [1.54, 1.807) is 0 Å². The minimum atomic E-state index is 0.0798. The molecule has 172 valence electrons. The number of rotatable bonds is 9. The Bertz CT molecular complexity index is 984. The van der Waals surface area contributed by atoms with Gasteiger partial charge >= 0.3 is 0 Å². The summed E-state index contributed by atoms with van der Waals surface area (Å²) in [7, 11) is 0. The van der Waals surface area contributed by atoms with Crippen molar-refractivity contribution in [3.63, 3.8) is 0 Å². The first kappa shape index (κ1) is 23.1. The molecule has 1 fully saturated rings. The number of likely N-dealkylation sites (tertiary alicyclic amines) is 1. The van der Waals surface area contributed by atoms with Gasteiger partial charge in [0, 0.05) is 13.1 Å². The lowest BCUT2D eigenvalue weighted by Gasteiger charge is -2.26.